The zero-order chi connectivity index (χ0) is 22.7. The Hall–Kier alpha value is -3.64. The van der Waals surface area contributed by atoms with Crippen molar-refractivity contribution in [3.05, 3.63) is 88.9 Å². The molecule has 4 aromatic rings. The van der Waals surface area contributed by atoms with Gasteiger partial charge in [0, 0.05) is 34.2 Å². The molecule has 0 unspecified atom stereocenters. The fourth-order valence-corrected chi connectivity index (χ4v) is 3.73. The molecule has 0 amide bonds. The van der Waals surface area contributed by atoms with Gasteiger partial charge in [0.1, 0.15) is 23.8 Å². The van der Waals surface area contributed by atoms with Crippen LogP contribution in [0.1, 0.15) is 22.3 Å². The van der Waals surface area contributed by atoms with Gasteiger partial charge in [-0.05, 0) is 36.2 Å². The SMILES string of the molecule is COC(=O)Cc1ccccc1OCc1cc(-c2cccc(CN)c2F)c2occ(C)c2c1. The van der Waals surface area contributed by atoms with Crippen molar-refractivity contribution in [2.24, 2.45) is 5.73 Å². The number of para-hydroxylation sites is 1. The maximum absolute atomic E-state index is 15.1. The van der Waals surface area contributed by atoms with Gasteiger partial charge in [-0.3, -0.25) is 4.79 Å². The average Bonchev–Trinajstić information content (AvgIpc) is 3.19. The summed E-state index contributed by atoms with van der Waals surface area (Å²) in [5.74, 6) is -0.0966. The molecule has 4 rings (SSSR count). The molecule has 2 N–H and O–H groups in total. The summed E-state index contributed by atoms with van der Waals surface area (Å²) in [7, 11) is 1.36. The Morgan fingerprint density at radius 2 is 1.84 bits per heavy atom. The molecule has 0 aliphatic carbocycles. The van der Waals surface area contributed by atoms with Crippen molar-refractivity contribution in [3.63, 3.8) is 0 Å². The smallest absolute Gasteiger partial charge is 0.310 e. The van der Waals surface area contributed by atoms with E-state index in [-0.39, 0.29) is 31.4 Å². The second kappa shape index (κ2) is 9.24. The first kappa shape index (κ1) is 21.6. The second-order valence-corrected chi connectivity index (χ2v) is 7.57. The van der Waals surface area contributed by atoms with Crippen molar-refractivity contribution in [1.82, 2.24) is 0 Å². The molecule has 164 valence electrons. The van der Waals surface area contributed by atoms with Crippen molar-refractivity contribution in [1.29, 1.82) is 0 Å². The molecule has 3 aromatic carbocycles. The van der Waals surface area contributed by atoms with Gasteiger partial charge in [0.15, 0.2) is 0 Å². The van der Waals surface area contributed by atoms with Gasteiger partial charge in [0.25, 0.3) is 0 Å². The third-order valence-corrected chi connectivity index (χ3v) is 5.45. The number of hydrogen-bond donors (Lipinski definition) is 1. The van der Waals surface area contributed by atoms with Crippen LogP contribution in [0, 0.1) is 12.7 Å². The van der Waals surface area contributed by atoms with E-state index in [2.05, 4.69) is 0 Å². The molecule has 5 nitrogen and oxygen atoms in total. The van der Waals surface area contributed by atoms with Crippen LogP contribution in [0.15, 0.2) is 65.3 Å². The Labute approximate surface area is 185 Å². The molecular formula is C26H24FNO4. The topological polar surface area (TPSA) is 74.7 Å². The van der Waals surface area contributed by atoms with Crippen LogP contribution >= 0.6 is 0 Å². The van der Waals surface area contributed by atoms with Crippen LogP contribution in [-0.4, -0.2) is 13.1 Å². The summed E-state index contributed by atoms with van der Waals surface area (Å²) in [4.78, 5) is 11.7. The number of benzene rings is 3. The van der Waals surface area contributed by atoms with E-state index in [0.29, 0.717) is 28.0 Å². The molecule has 0 fully saturated rings. The van der Waals surface area contributed by atoms with Crippen LogP contribution < -0.4 is 10.5 Å². The highest BCUT2D eigenvalue weighted by Crippen LogP contribution is 2.35. The number of hydrogen-bond acceptors (Lipinski definition) is 5. The van der Waals surface area contributed by atoms with Crippen molar-refractivity contribution < 1.29 is 23.1 Å². The Balaban J connectivity index is 1.72. The Kier molecular flexibility index (Phi) is 6.23. The molecule has 0 spiro atoms. The fraction of sp³-hybridized carbons (Fsp3) is 0.192. The number of ether oxygens (including phenoxy) is 2. The van der Waals surface area contributed by atoms with Crippen molar-refractivity contribution in [2.75, 3.05) is 7.11 Å². The number of fused-ring (bicyclic) bond motifs is 1. The number of carbonyl (C=O) groups excluding carboxylic acids is 1. The Morgan fingerprint density at radius 3 is 2.62 bits per heavy atom. The molecule has 1 heterocycles. The summed E-state index contributed by atoms with van der Waals surface area (Å²) >= 11 is 0. The van der Waals surface area contributed by atoms with Gasteiger partial charge >= 0.3 is 5.97 Å². The number of carbonyl (C=O) groups is 1. The largest absolute Gasteiger partial charge is 0.489 e. The van der Waals surface area contributed by atoms with E-state index in [0.717, 1.165) is 22.1 Å². The molecule has 1 aromatic heterocycles. The predicted molar refractivity (Wildman–Crippen MR) is 121 cm³/mol. The van der Waals surface area contributed by atoms with Crippen LogP contribution in [-0.2, 0) is 29.1 Å². The molecule has 0 bridgehead atoms. The molecule has 0 saturated carbocycles. The molecule has 0 aliphatic heterocycles. The summed E-state index contributed by atoms with van der Waals surface area (Å²) in [6, 6.07) is 16.4. The van der Waals surface area contributed by atoms with Crippen LogP contribution in [0.25, 0.3) is 22.1 Å². The van der Waals surface area contributed by atoms with Gasteiger partial charge in [-0.2, -0.15) is 0 Å². The number of rotatable bonds is 7. The van der Waals surface area contributed by atoms with E-state index < -0.39 is 0 Å². The highest BCUT2D eigenvalue weighted by atomic mass is 19.1. The van der Waals surface area contributed by atoms with Crippen molar-refractivity contribution in [3.8, 4) is 16.9 Å². The van der Waals surface area contributed by atoms with Crippen molar-refractivity contribution >= 4 is 16.9 Å². The van der Waals surface area contributed by atoms with E-state index in [4.69, 9.17) is 19.6 Å². The van der Waals surface area contributed by atoms with Crippen molar-refractivity contribution in [2.45, 2.75) is 26.5 Å². The minimum absolute atomic E-state index is 0.111. The number of aryl methyl sites for hydroxylation is 1. The molecule has 0 aliphatic rings. The predicted octanol–water partition coefficient (Wildman–Crippen LogP) is 5.30. The fourth-order valence-electron chi connectivity index (χ4n) is 3.73. The van der Waals surface area contributed by atoms with E-state index in [1.54, 1.807) is 24.5 Å². The monoisotopic (exact) mass is 433 g/mol. The lowest BCUT2D eigenvalue weighted by Gasteiger charge is -2.13. The number of esters is 1. The lowest BCUT2D eigenvalue weighted by Crippen LogP contribution is -2.07. The third kappa shape index (κ3) is 4.22. The summed E-state index contributed by atoms with van der Waals surface area (Å²) in [5, 5.41) is 0.890. The number of nitrogens with two attached hydrogens (primary N) is 1. The van der Waals surface area contributed by atoms with Crippen LogP contribution in [0.2, 0.25) is 0 Å². The van der Waals surface area contributed by atoms with Crippen LogP contribution in [0.5, 0.6) is 5.75 Å². The van der Waals surface area contributed by atoms with Gasteiger partial charge < -0.3 is 19.6 Å². The molecule has 0 radical (unpaired) electrons. The summed E-state index contributed by atoms with van der Waals surface area (Å²) in [6.07, 6.45) is 1.78. The van der Waals surface area contributed by atoms with Gasteiger partial charge in [0.2, 0.25) is 0 Å². The Bertz CT molecular complexity index is 1280. The van der Waals surface area contributed by atoms with E-state index in [1.165, 1.54) is 7.11 Å². The molecule has 6 heteroatoms. The lowest BCUT2D eigenvalue weighted by atomic mass is 9.97. The van der Waals surface area contributed by atoms with E-state index in [9.17, 15) is 4.79 Å². The average molecular weight is 433 g/mol. The molecule has 32 heavy (non-hydrogen) atoms. The normalized spacial score (nSPS) is 11.0. The first-order valence-electron chi connectivity index (χ1n) is 10.3. The molecule has 0 atom stereocenters. The summed E-state index contributed by atoms with van der Waals surface area (Å²) in [5.41, 5.74) is 10.4. The maximum Gasteiger partial charge on any atom is 0.310 e. The first-order valence-corrected chi connectivity index (χ1v) is 10.3. The maximum atomic E-state index is 15.1. The highest BCUT2D eigenvalue weighted by molar-refractivity contribution is 5.95. The van der Waals surface area contributed by atoms with Gasteiger partial charge in [-0.25, -0.2) is 4.39 Å². The lowest BCUT2D eigenvalue weighted by molar-refractivity contribution is -0.139. The number of methoxy groups -OCH3 is 1. The zero-order valence-electron chi connectivity index (χ0n) is 18.0. The van der Waals surface area contributed by atoms with Gasteiger partial charge in [-0.1, -0.05) is 36.4 Å². The Morgan fingerprint density at radius 1 is 1.06 bits per heavy atom. The first-order chi connectivity index (χ1) is 15.5. The zero-order valence-corrected chi connectivity index (χ0v) is 18.0. The van der Waals surface area contributed by atoms with Crippen LogP contribution in [0.4, 0.5) is 4.39 Å². The number of furan rings is 1. The number of halogens is 1. The molecule has 0 saturated heterocycles. The second-order valence-electron chi connectivity index (χ2n) is 7.57. The van der Waals surface area contributed by atoms with E-state index in [1.807, 2.05) is 43.3 Å². The standard InChI is InChI=1S/C26H24FNO4/c1-16-14-32-26-21(16)10-17(11-22(26)20-8-5-7-19(13-28)25(20)27)15-31-23-9-4-3-6-18(23)12-24(29)30-2/h3-11,14H,12-13,15,28H2,1-2H3. The quantitative estimate of drug-likeness (QED) is 0.400. The van der Waals surface area contributed by atoms with Gasteiger partial charge in [0.05, 0.1) is 19.8 Å². The minimum Gasteiger partial charge on any atom is -0.489 e. The van der Waals surface area contributed by atoms with Crippen LogP contribution in [0.3, 0.4) is 0 Å². The summed E-state index contributed by atoms with van der Waals surface area (Å²) in [6.45, 7) is 2.29. The van der Waals surface area contributed by atoms with E-state index >= 15 is 4.39 Å². The van der Waals surface area contributed by atoms with Gasteiger partial charge in [-0.15, -0.1) is 0 Å². The molecular weight excluding hydrogens is 409 g/mol. The summed E-state index contributed by atoms with van der Waals surface area (Å²) < 4.78 is 31.7. The highest BCUT2D eigenvalue weighted by Gasteiger charge is 2.17. The third-order valence-electron chi connectivity index (χ3n) is 5.45. The minimum atomic E-state index is -0.355.